The van der Waals surface area contributed by atoms with Crippen molar-refractivity contribution in [2.24, 2.45) is 0 Å². The minimum Gasteiger partial charge on any atom is -0.687 e. The molecule has 3 heteroatoms. The molecule has 0 atom stereocenters. The molecule has 0 aliphatic rings. The fraction of sp³-hybridized carbons (Fsp3) is 0.125. The summed E-state index contributed by atoms with van der Waals surface area (Å²) < 4.78 is 1.25. The van der Waals surface area contributed by atoms with E-state index in [1.807, 2.05) is 24.3 Å². The topological polar surface area (TPSA) is 14.1 Å². The van der Waals surface area contributed by atoms with E-state index in [1.165, 1.54) is 3.57 Å². The van der Waals surface area contributed by atoms with Crippen LogP contribution in [0.15, 0.2) is 24.3 Å². The van der Waals surface area contributed by atoms with Crippen LogP contribution < -0.4 is 0 Å². The van der Waals surface area contributed by atoms with Crippen LogP contribution in [0.25, 0.3) is 5.32 Å². The summed E-state index contributed by atoms with van der Waals surface area (Å²) >= 11 is 2.27. The van der Waals surface area contributed by atoms with Crippen molar-refractivity contribution in [3.63, 3.8) is 0 Å². The van der Waals surface area contributed by atoms with Gasteiger partial charge in [0.15, 0.2) is 0 Å². The van der Waals surface area contributed by atoms with E-state index in [0.29, 0.717) is 0 Å². The van der Waals surface area contributed by atoms with Gasteiger partial charge in [0.2, 0.25) is 0 Å². The molecular weight excluding hydrogens is 421 g/mol. The zero-order valence-corrected chi connectivity index (χ0v) is 11.6. The number of nitrogens with zero attached hydrogens (tertiary/aromatic N) is 1. The fourth-order valence-electron chi connectivity index (χ4n) is 0.590. The quantitative estimate of drug-likeness (QED) is 0.479. The molecule has 0 N–H and O–H groups in total. The SMILES string of the molecule is C[N-]c1ccc(I)cc1.[CH3-].[W+2]. The van der Waals surface area contributed by atoms with Crippen LogP contribution in [-0.2, 0) is 21.1 Å². The average molecular weight is 431 g/mol. The molecule has 0 bridgehead atoms. The van der Waals surface area contributed by atoms with E-state index < -0.39 is 0 Å². The van der Waals surface area contributed by atoms with Gasteiger partial charge in [-0.05, 0) is 22.6 Å². The van der Waals surface area contributed by atoms with Gasteiger partial charge in [-0.15, -0.1) is 12.7 Å². The summed E-state index contributed by atoms with van der Waals surface area (Å²) in [6, 6.07) is 8.09. The van der Waals surface area contributed by atoms with Gasteiger partial charge >= 0.3 is 21.1 Å². The molecule has 0 unspecified atom stereocenters. The van der Waals surface area contributed by atoms with Crippen LogP contribution in [0.1, 0.15) is 0 Å². The minimum atomic E-state index is 0. The predicted octanol–water partition coefficient (Wildman–Crippen LogP) is 3.37. The molecule has 0 saturated carbocycles. The average Bonchev–Trinajstić information content (AvgIpc) is 1.90. The second-order valence-corrected chi connectivity index (χ2v) is 2.95. The summed E-state index contributed by atoms with van der Waals surface area (Å²) in [4.78, 5) is 0. The Bertz CT molecular complexity index is 186. The molecule has 0 aromatic heterocycles. The van der Waals surface area contributed by atoms with Gasteiger partial charge in [0.1, 0.15) is 0 Å². The Labute approximate surface area is 96.4 Å². The molecule has 0 amide bonds. The van der Waals surface area contributed by atoms with Crippen LogP contribution in [0.2, 0.25) is 0 Å². The molecule has 0 aliphatic heterocycles. The van der Waals surface area contributed by atoms with Crippen molar-refractivity contribution in [2.75, 3.05) is 7.05 Å². The first-order valence-corrected chi connectivity index (χ1v) is 3.76. The third-order valence-electron chi connectivity index (χ3n) is 1.08. The van der Waals surface area contributed by atoms with Crippen LogP contribution in [0.3, 0.4) is 0 Å². The van der Waals surface area contributed by atoms with Crippen LogP contribution >= 0.6 is 22.6 Å². The third-order valence-corrected chi connectivity index (χ3v) is 1.80. The summed E-state index contributed by atoms with van der Waals surface area (Å²) in [6.45, 7) is 0. The Morgan fingerprint density at radius 3 is 2.00 bits per heavy atom. The van der Waals surface area contributed by atoms with E-state index in [1.54, 1.807) is 7.05 Å². The van der Waals surface area contributed by atoms with Gasteiger partial charge < -0.3 is 12.7 Å². The van der Waals surface area contributed by atoms with Crippen LogP contribution in [0, 0.1) is 11.0 Å². The molecule has 11 heavy (non-hydrogen) atoms. The van der Waals surface area contributed by atoms with E-state index in [2.05, 4.69) is 27.9 Å². The zero-order chi connectivity index (χ0) is 6.69. The molecular formula is C8H10INW. The summed E-state index contributed by atoms with van der Waals surface area (Å²) in [5.74, 6) is 0. The van der Waals surface area contributed by atoms with Crippen molar-refractivity contribution in [1.82, 2.24) is 0 Å². The third kappa shape index (κ3) is 4.80. The van der Waals surface area contributed by atoms with Crippen molar-refractivity contribution in [1.29, 1.82) is 0 Å². The Balaban J connectivity index is 0. The van der Waals surface area contributed by atoms with Gasteiger partial charge in [0, 0.05) is 3.57 Å². The van der Waals surface area contributed by atoms with E-state index in [0.717, 1.165) is 5.69 Å². The summed E-state index contributed by atoms with van der Waals surface area (Å²) in [7, 11) is 1.79. The van der Waals surface area contributed by atoms with Gasteiger partial charge in [-0.1, -0.05) is 24.3 Å². The maximum absolute atomic E-state index is 4.01. The van der Waals surface area contributed by atoms with E-state index in [4.69, 9.17) is 0 Å². The van der Waals surface area contributed by atoms with Gasteiger partial charge in [0.05, 0.1) is 0 Å². The van der Waals surface area contributed by atoms with Crippen LogP contribution in [0.5, 0.6) is 0 Å². The smallest absolute Gasteiger partial charge is 0.687 e. The maximum atomic E-state index is 4.01. The standard InChI is InChI=1S/C7H7IN.CH3.W/c1-9-7-4-2-6(8)3-5-7;;/h2-5H,1H3;1H3;/q2*-1;+2. The van der Waals surface area contributed by atoms with E-state index in [-0.39, 0.29) is 28.5 Å². The second kappa shape index (κ2) is 7.11. The molecule has 1 aromatic carbocycles. The molecule has 60 valence electrons. The Hall–Kier alpha value is 0.438. The van der Waals surface area contributed by atoms with Gasteiger partial charge in [-0.3, -0.25) is 0 Å². The molecule has 0 saturated heterocycles. The molecule has 1 aromatic rings. The first-order valence-electron chi connectivity index (χ1n) is 2.68. The van der Waals surface area contributed by atoms with Crippen LogP contribution in [0.4, 0.5) is 5.69 Å². The number of hydrogen-bond donors (Lipinski definition) is 0. The number of hydrogen-bond acceptors (Lipinski definition) is 0. The number of halogens is 1. The molecule has 0 fully saturated rings. The summed E-state index contributed by atoms with van der Waals surface area (Å²) in [5, 5.41) is 4.01. The molecule has 1 rings (SSSR count). The van der Waals surface area contributed by atoms with Crippen molar-refractivity contribution >= 4 is 28.3 Å². The molecule has 1 nitrogen and oxygen atoms in total. The molecule has 0 radical (unpaired) electrons. The first kappa shape index (κ1) is 14.0. The fourth-order valence-corrected chi connectivity index (χ4v) is 0.950. The maximum Gasteiger partial charge on any atom is 2.00 e. The van der Waals surface area contributed by atoms with Gasteiger partial charge in [-0.2, -0.15) is 0 Å². The van der Waals surface area contributed by atoms with Crippen molar-refractivity contribution in [2.45, 2.75) is 0 Å². The van der Waals surface area contributed by atoms with Gasteiger partial charge in [-0.25, -0.2) is 0 Å². The number of rotatable bonds is 1. The van der Waals surface area contributed by atoms with E-state index in [9.17, 15) is 0 Å². The first-order chi connectivity index (χ1) is 4.33. The Morgan fingerprint density at radius 1 is 1.18 bits per heavy atom. The second-order valence-electron chi connectivity index (χ2n) is 1.70. The number of benzene rings is 1. The minimum absolute atomic E-state index is 0. The van der Waals surface area contributed by atoms with Crippen molar-refractivity contribution in [3.05, 3.63) is 40.6 Å². The van der Waals surface area contributed by atoms with E-state index >= 15 is 0 Å². The monoisotopic (exact) mass is 431 g/mol. The molecule has 0 spiro atoms. The largest absolute Gasteiger partial charge is 2.00 e. The van der Waals surface area contributed by atoms with Crippen molar-refractivity contribution in [3.8, 4) is 0 Å². The van der Waals surface area contributed by atoms with Crippen LogP contribution in [-0.4, -0.2) is 7.05 Å². The molecule has 0 aliphatic carbocycles. The summed E-state index contributed by atoms with van der Waals surface area (Å²) in [6.07, 6.45) is 0. The normalized spacial score (nSPS) is 7.45. The Kier molecular flexibility index (Phi) is 9.04. The van der Waals surface area contributed by atoms with Gasteiger partial charge in [0.25, 0.3) is 0 Å². The summed E-state index contributed by atoms with van der Waals surface area (Å²) in [5.41, 5.74) is 1.04. The van der Waals surface area contributed by atoms with Crippen molar-refractivity contribution < 1.29 is 21.1 Å². The zero-order valence-electron chi connectivity index (χ0n) is 6.54. The predicted molar refractivity (Wildman–Crippen MR) is 54.5 cm³/mol. The molecule has 0 heterocycles. The Morgan fingerprint density at radius 2 is 1.64 bits per heavy atom.